The second-order valence-corrected chi connectivity index (χ2v) is 11.7. The van der Waals surface area contributed by atoms with Crippen LogP contribution in [0.3, 0.4) is 0 Å². The molecule has 1 aromatic heterocycles. The number of hydrogen-bond donors (Lipinski definition) is 0. The molecule has 1 saturated carbocycles. The van der Waals surface area contributed by atoms with Crippen LogP contribution in [0.15, 0.2) is 35.7 Å². The van der Waals surface area contributed by atoms with Gasteiger partial charge in [0.05, 0.1) is 20.8 Å². The molecule has 2 amide bonds. The number of hydrogen-bond acceptors (Lipinski definition) is 5. The summed E-state index contributed by atoms with van der Waals surface area (Å²) in [6.45, 7) is 3.54. The Morgan fingerprint density at radius 2 is 1.67 bits per heavy atom. The molecule has 39 heavy (non-hydrogen) atoms. The maximum atomic E-state index is 13.8. The van der Waals surface area contributed by atoms with Gasteiger partial charge in [-0.2, -0.15) is 0 Å². The fraction of sp³-hybridized carbons (Fsp3) is 0.625. The number of unbranched alkanes of at least 4 members (excludes halogenated alkanes) is 5. The van der Waals surface area contributed by atoms with Crippen LogP contribution in [0.25, 0.3) is 0 Å². The van der Waals surface area contributed by atoms with Crippen molar-refractivity contribution in [2.45, 2.75) is 103 Å². The molecule has 0 aliphatic heterocycles. The fourth-order valence-electron chi connectivity index (χ4n) is 5.44. The van der Waals surface area contributed by atoms with Crippen LogP contribution in [0.4, 0.5) is 0 Å². The summed E-state index contributed by atoms with van der Waals surface area (Å²) in [6.07, 6.45) is 13.7. The number of thiophene rings is 1. The molecule has 0 bridgehead atoms. The van der Waals surface area contributed by atoms with Gasteiger partial charge in [-0.15, -0.1) is 11.3 Å². The van der Waals surface area contributed by atoms with Crippen molar-refractivity contribution in [3.63, 3.8) is 0 Å². The molecule has 1 aromatic carbocycles. The molecule has 216 valence electrons. The predicted octanol–water partition coefficient (Wildman–Crippen LogP) is 7.25. The smallest absolute Gasteiger partial charge is 0.242 e. The zero-order valence-corrected chi connectivity index (χ0v) is 25.1. The molecule has 0 saturated heterocycles. The molecule has 0 N–H and O–H groups in total. The van der Waals surface area contributed by atoms with Gasteiger partial charge in [-0.05, 0) is 54.8 Å². The highest BCUT2D eigenvalue weighted by Crippen LogP contribution is 2.28. The van der Waals surface area contributed by atoms with E-state index in [1.807, 2.05) is 39.4 Å². The summed E-state index contributed by atoms with van der Waals surface area (Å²) in [5.74, 6) is 1.57. The van der Waals surface area contributed by atoms with Crippen LogP contribution in [0.2, 0.25) is 0 Å². The maximum Gasteiger partial charge on any atom is 0.242 e. The van der Waals surface area contributed by atoms with Crippen LogP contribution in [-0.4, -0.2) is 55.0 Å². The van der Waals surface area contributed by atoms with Crippen molar-refractivity contribution in [1.29, 1.82) is 0 Å². The van der Waals surface area contributed by atoms with Gasteiger partial charge in [0, 0.05) is 23.9 Å². The van der Waals surface area contributed by atoms with E-state index >= 15 is 0 Å². The summed E-state index contributed by atoms with van der Waals surface area (Å²) in [5.41, 5.74) is 1.08. The lowest BCUT2D eigenvalue weighted by molar-refractivity contribution is -0.143. The molecule has 0 radical (unpaired) electrons. The normalized spacial score (nSPS) is 13.7. The van der Waals surface area contributed by atoms with E-state index in [1.165, 1.54) is 32.1 Å². The molecule has 1 aliphatic rings. The zero-order valence-electron chi connectivity index (χ0n) is 24.3. The minimum Gasteiger partial charge on any atom is -0.493 e. The van der Waals surface area contributed by atoms with Gasteiger partial charge in [-0.25, -0.2) is 0 Å². The molecule has 0 spiro atoms. The van der Waals surface area contributed by atoms with Gasteiger partial charge in [-0.3, -0.25) is 9.59 Å². The first kappa shape index (κ1) is 31.0. The highest BCUT2D eigenvalue weighted by molar-refractivity contribution is 7.09. The van der Waals surface area contributed by atoms with E-state index in [2.05, 4.69) is 13.0 Å². The van der Waals surface area contributed by atoms with Crippen LogP contribution in [0, 0.1) is 0 Å². The Morgan fingerprint density at radius 3 is 2.36 bits per heavy atom. The van der Waals surface area contributed by atoms with Crippen molar-refractivity contribution in [2.24, 2.45) is 0 Å². The van der Waals surface area contributed by atoms with Crippen molar-refractivity contribution in [3.8, 4) is 11.5 Å². The third-order valence-electron chi connectivity index (χ3n) is 7.78. The van der Waals surface area contributed by atoms with Crippen molar-refractivity contribution < 1.29 is 19.1 Å². The summed E-state index contributed by atoms with van der Waals surface area (Å²) in [7, 11) is 3.26. The second-order valence-electron chi connectivity index (χ2n) is 10.7. The zero-order chi connectivity index (χ0) is 27.9. The number of carbonyl (C=O) groups is 2. The molecule has 2 aromatic rings. The highest BCUT2D eigenvalue weighted by Gasteiger charge is 2.29. The first-order chi connectivity index (χ1) is 19.0. The number of carbonyl (C=O) groups excluding carboxylic acids is 2. The largest absolute Gasteiger partial charge is 0.493 e. The number of rotatable bonds is 17. The lowest BCUT2D eigenvalue weighted by Gasteiger charge is -2.35. The van der Waals surface area contributed by atoms with Crippen LogP contribution < -0.4 is 9.47 Å². The highest BCUT2D eigenvalue weighted by atomic mass is 32.1. The number of methoxy groups -OCH3 is 2. The third-order valence-corrected chi connectivity index (χ3v) is 8.64. The standard InChI is InChI=1S/C32H48N2O4S/c1-4-5-6-7-8-12-17-31(35)34(27-14-10-9-11-15-27)25-32(36)33(24-28-16-13-22-39-28)21-20-26-18-19-29(37-2)30(23-26)38-3/h13,16,18-19,22-23,27H,4-12,14-15,17,20-21,24-25H2,1-3H3. The topological polar surface area (TPSA) is 59.1 Å². The van der Waals surface area contributed by atoms with E-state index in [4.69, 9.17) is 9.47 Å². The Bertz CT molecular complexity index is 988. The lowest BCUT2D eigenvalue weighted by Crippen LogP contribution is -2.48. The average molecular weight is 557 g/mol. The molecule has 1 aliphatic carbocycles. The molecular weight excluding hydrogens is 508 g/mol. The predicted molar refractivity (Wildman–Crippen MR) is 160 cm³/mol. The third kappa shape index (κ3) is 10.2. The molecule has 1 fully saturated rings. The van der Waals surface area contributed by atoms with E-state index in [9.17, 15) is 9.59 Å². The van der Waals surface area contributed by atoms with E-state index in [0.29, 0.717) is 37.4 Å². The summed E-state index contributed by atoms with van der Waals surface area (Å²) in [5, 5.41) is 2.05. The van der Waals surface area contributed by atoms with Crippen LogP contribution in [0.5, 0.6) is 11.5 Å². The number of ether oxygens (including phenoxy) is 2. The molecule has 3 rings (SSSR count). The molecule has 1 heterocycles. The summed E-state index contributed by atoms with van der Waals surface area (Å²) in [4.78, 5) is 32.3. The Labute approximate surface area is 239 Å². The van der Waals surface area contributed by atoms with Gasteiger partial charge in [0.2, 0.25) is 11.8 Å². The van der Waals surface area contributed by atoms with Gasteiger partial charge in [0.1, 0.15) is 6.54 Å². The maximum absolute atomic E-state index is 13.8. The Hall–Kier alpha value is -2.54. The van der Waals surface area contributed by atoms with E-state index < -0.39 is 0 Å². The van der Waals surface area contributed by atoms with Crippen LogP contribution in [-0.2, 0) is 22.6 Å². The van der Waals surface area contributed by atoms with Crippen molar-refractivity contribution in [3.05, 3.63) is 46.2 Å². The fourth-order valence-corrected chi connectivity index (χ4v) is 6.16. The van der Waals surface area contributed by atoms with Gasteiger partial charge in [0.15, 0.2) is 11.5 Å². The van der Waals surface area contributed by atoms with Gasteiger partial charge in [-0.1, -0.05) is 70.4 Å². The van der Waals surface area contributed by atoms with Gasteiger partial charge in [0.25, 0.3) is 0 Å². The molecular formula is C32H48N2O4S. The number of nitrogens with zero attached hydrogens (tertiary/aromatic N) is 2. The minimum atomic E-state index is 0.0331. The van der Waals surface area contributed by atoms with E-state index in [1.54, 1.807) is 25.6 Å². The van der Waals surface area contributed by atoms with Gasteiger partial charge < -0.3 is 19.3 Å². The minimum absolute atomic E-state index is 0.0331. The van der Waals surface area contributed by atoms with Crippen LogP contribution in [0.1, 0.15) is 94.4 Å². The molecule has 0 atom stereocenters. The number of amides is 2. The molecule has 7 heteroatoms. The SMILES string of the molecule is CCCCCCCCC(=O)N(CC(=O)N(CCc1ccc(OC)c(OC)c1)Cc1cccs1)C1CCCCC1. The van der Waals surface area contributed by atoms with Gasteiger partial charge >= 0.3 is 0 Å². The van der Waals surface area contributed by atoms with Crippen molar-refractivity contribution in [1.82, 2.24) is 9.80 Å². The second kappa shape index (κ2) is 17.2. The van der Waals surface area contributed by atoms with Crippen LogP contribution >= 0.6 is 11.3 Å². The molecule has 0 unspecified atom stereocenters. The monoisotopic (exact) mass is 556 g/mol. The first-order valence-electron chi connectivity index (χ1n) is 14.9. The van der Waals surface area contributed by atoms with Crippen molar-refractivity contribution in [2.75, 3.05) is 27.3 Å². The lowest BCUT2D eigenvalue weighted by atomic mass is 9.93. The van der Waals surface area contributed by atoms with E-state index in [-0.39, 0.29) is 24.4 Å². The molecule has 6 nitrogen and oxygen atoms in total. The summed E-state index contributed by atoms with van der Waals surface area (Å²) in [6, 6.07) is 10.2. The number of benzene rings is 1. The van der Waals surface area contributed by atoms with Crippen molar-refractivity contribution >= 4 is 23.2 Å². The Morgan fingerprint density at radius 1 is 0.923 bits per heavy atom. The summed E-state index contributed by atoms with van der Waals surface area (Å²) < 4.78 is 10.8. The van der Waals surface area contributed by atoms with E-state index in [0.717, 1.165) is 49.0 Å². The quantitative estimate of drug-likeness (QED) is 0.193. The first-order valence-corrected chi connectivity index (χ1v) is 15.7. The summed E-state index contributed by atoms with van der Waals surface area (Å²) >= 11 is 1.66. The average Bonchev–Trinajstić information content (AvgIpc) is 3.49. The Kier molecular flexibility index (Phi) is 13.7. The Balaban J connectivity index is 1.68.